The third-order valence-electron chi connectivity index (χ3n) is 4.76. The average Bonchev–Trinajstić information content (AvgIpc) is 2.77. The van der Waals surface area contributed by atoms with Gasteiger partial charge in [-0.15, -0.1) is 0 Å². The Morgan fingerprint density at radius 3 is 1.14 bits per heavy atom. The molecule has 0 aliphatic carbocycles. The van der Waals surface area contributed by atoms with E-state index in [0.29, 0.717) is 0 Å². The Balaban J connectivity index is 0.00000225. The second-order valence-corrected chi connectivity index (χ2v) is 11.4. The summed E-state index contributed by atoms with van der Waals surface area (Å²) in [6.07, 6.45) is 0. The largest absolute Gasteiger partial charge is 1.00 e. The Morgan fingerprint density at radius 1 is 0.464 bits per heavy atom. The van der Waals surface area contributed by atoms with E-state index in [2.05, 4.69) is 121 Å². The number of rotatable bonds is 6. The van der Waals surface area contributed by atoms with Gasteiger partial charge in [0.25, 0.3) is 0 Å². The molecule has 3 heteroatoms. The summed E-state index contributed by atoms with van der Waals surface area (Å²) in [5, 5.41) is 4.31. The van der Waals surface area contributed by atoms with Gasteiger partial charge in [-0.3, -0.25) is 0 Å². The first-order chi connectivity index (χ1) is 13.4. The number of halogens is 1. The minimum Gasteiger partial charge on any atom is -1.00 e. The average molecular weight is 512 g/mol. The SMILES string of the molecule is [I-].c1ccc(SC[P+](c2ccccc2)(c2ccccc2)c2ccccc2)cc1. The van der Waals surface area contributed by atoms with E-state index in [0.717, 1.165) is 5.49 Å². The van der Waals surface area contributed by atoms with E-state index in [4.69, 9.17) is 0 Å². The van der Waals surface area contributed by atoms with E-state index in [1.165, 1.54) is 20.8 Å². The van der Waals surface area contributed by atoms with Gasteiger partial charge in [-0.2, -0.15) is 0 Å². The van der Waals surface area contributed by atoms with Crippen molar-refractivity contribution in [2.24, 2.45) is 0 Å². The van der Waals surface area contributed by atoms with E-state index >= 15 is 0 Å². The second kappa shape index (κ2) is 10.2. The van der Waals surface area contributed by atoms with Crippen molar-refractivity contribution in [2.45, 2.75) is 4.90 Å². The Hall–Kier alpha value is -1.61. The van der Waals surface area contributed by atoms with Crippen LogP contribution in [0.2, 0.25) is 0 Å². The lowest BCUT2D eigenvalue weighted by Gasteiger charge is -2.27. The molecule has 140 valence electrons. The molecule has 0 nitrogen and oxygen atoms in total. The molecule has 0 heterocycles. The fourth-order valence-electron chi connectivity index (χ4n) is 3.41. The monoisotopic (exact) mass is 512 g/mol. The zero-order chi connectivity index (χ0) is 18.4. The van der Waals surface area contributed by atoms with Gasteiger partial charge in [0.2, 0.25) is 0 Å². The van der Waals surface area contributed by atoms with Crippen LogP contribution in [0.5, 0.6) is 0 Å². The molecule has 0 bridgehead atoms. The Bertz CT molecular complexity index is 864. The molecular weight excluding hydrogens is 490 g/mol. The number of benzene rings is 4. The van der Waals surface area contributed by atoms with Crippen LogP contribution in [-0.4, -0.2) is 5.49 Å². The summed E-state index contributed by atoms with van der Waals surface area (Å²) >= 11 is 1.96. The lowest BCUT2D eigenvalue weighted by atomic mass is 10.4. The van der Waals surface area contributed by atoms with Crippen LogP contribution in [0, 0.1) is 0 Å². The summed E-state index contributed by atoms with van der Waals surface area (Å²) in [6.45, 7) is 0. The van der Waals surface area contributed by atoms with Crippen LogP contribution >= 0.6 is 19.0 Å². The van der Waals surface area contributed by atoms with Gasteiger partial charge in [0.15, 0.2) is 0 Å². The van der Waals surface area contributed by atoms with Crippen molar-refractivity contribution < 1.29 is 24.0 Å². The zero-order valence-corrected chi connectivity index (χ0v) is 19.4. The molecule has 0 saturated carbocycles. The molecule has 0 amide bonds. The highest BCUT2D eigenvalue weighted by Gasteiger charge is 2.45. The Labute approximate surface area is 189 Å². The first-order valence-electron chi connectivity index (χ1n) is 9.12. The van der Waals surface area contributed by atoms with Crippen LogP contribution in [0.25, 0.3) is 0 Å². The summed E-state index contributed by atoms with van der Waals surface area (Å²) in [6, 6.07) is 43.9. The number of hydrogen-bond acceptors (Lipinski definition) is 1. The van der Waals surface area contributed by atoms with Crippen LogP contribution in [-0.2, 0) is 0 Å². The minimum absolute atomic E-state index is 0. The van der Waals surface area contributed by atoms with Gasteiger partial charge < -0.3 is 24.0 Å². The maximum absolute atomic E-state index is 2.30. The normalized spacial score (nSPS) is 10.9. The minimum atomic E-state index is -1.76. The molecule has 0 aliphatic heterocycles. The first kappa shape index (κ1) is 21.1. The lowest BCUT2D eigenvalue weighted by molar-refractivity contribution is -0.00000515. The van der Waals surface area contributed by atoms with E-state index < -0.39 is 7.26 Å². The summed E-state index contributed by atoms with van der Waals surface area (Å²) in [7, 11) is -1.76. The van der Waals surface area contributed by atoms with Crippen molar-refractivity contribution in [2.75, 3.05) is 5.49 Å². The van der Waals surface area contributed by atoms with Gasteiger partial charge in [-0.25, -0.2) is 0 Å². The smallest absolute Gasteiger partial charge is 0.123 e. The molecule has 0 unspecified atom stereocenters. The third kappa shape index (κ3) is 4.51. The molecule has 0 atom stereocenters. The maximum Gasteiger partial charge on any atom is 0.123 e. The van der Waals surface area contributed by atoms with Gasteiger partial charge >= 0.3 is 0 Å². The zero-order valence-electron chi connectivity index (χ0n) is 15.5. The summed E-state index contributed by atoms with van der Waals surface area (Å²) in [5.41, 5.74) is 1.05. The second-order valence-electron chi connectivity index (χ2n) is 6.40. The van der Waals surface area contributed by atoms with E-state index in [-0.39, 0.29) is 24.0 Å². The Morgan fingerprint density at radius 2 is 0.786 bits per heavy atom. The molecule has 0 radical (unpaired) electrons. The van der Waals surface area contributed by atoms with Gasteiger partial charge in [0.05, 0.1) is 0 Å². The van der Waals surface area contributed by atoms with Gasteiger partial charge in [0.1, 0.15) is 28.7 Å². The highest BCUT2D eigenvalue weighted by atomic mass is 127. The van der Waals surface area contributed by atoms with Crippen molar-refractivity contribution in [3.8, 4) is 0 Å². The van der Waals surface area contributed by atoms with Gasteiger partial charge in [-0.05, 0) is 48.5 Å². The third-order valence-corrected chi connectivity index (χ3v) is 11.0. The first-order valence-corrected chi connectivity index (χ1v) is 12.1. The predicted octanol–water partition coefficient (Wildman–Crippen LogP) is 2.73. The molecule has 4 aromatic rings. The van der Waals surface area contributed by atoms with Crippen LogP contribution in [0.4, 0.5) is 0 Å². The van der Waals surface area contributed by atoms with E-state index in [1.807, 2.05) is 11.8 Å². The molecule has 0 spiro atoms. The molecule has 0 fully saturated rings. The van der Waals surface area contributed by atoms with Gasteiger partial charge in [0, 0.05) is 4.90 Å². The van der Waals surface area contributed by atoms with Crippen LogP contribution < -0.4 is 39.9 Å². The fourth-order valence-corrected chi connectivity index (χ4v) is 9.85. The molecule has 4 rings (SSSR count). The fraction of sp³-hybridized carbons (Fsp3) is 0.0400. The topological polar surface area (TPSA) is 0 Å². The highest BCUT2D eigenvalue weighted by Crippen LogP contribution is 2.58. The van der Waals surface area contributed by atoms with Crippen molar-refractivity contribution in [3.05, 3.63) is 121 Å². The van der Waals surface area contributed by atoms with E-state index in [1.54, 1.807) is 0 Å². The lowest BCUT2D eigenvalue weighted by Crippen LogP contribution is -3.00. The molecule has 0 aromatic heterocycles. The molecular formula is C25H22IPS. The number of thioether (sulfide) groups is 1. The highest BCUT2D eigenvalue weighted by molar-refractivity contribution is 8.13. The number of hydrogen-bond donors (Lipinski definition) is 0. The van der Waals surface area contributed by atoms with Crippen molar-refractivity contribution in [1.82, 2.24) is 0 Å². The molecule has 0 saturated heterocycles. The van der Waals surface area contributed by atoms with Crippen molar-refractivity contribution >= 4 is 34.9 Å². The van der Waals surface area contributed by atoms with Crippen molar-refractivity contribution in [1.29, 1.82) is 0 Å². The van der Waals surface area contributed by atoms with Crippen molar-refractivity contribution in [3.63, 3.8) is 0 Å². The summed E-state index contributed by atoms with van der Waals surface area (Å²) < 4.78 is 0. The van der Waals surface area contributed by atoms with Crippen LogP contribution in [0.15, 0.2) is 126 Å². The van der Waals surface area contributed by atoms with Gasteiger partial charge in [-0.1, -0.05) is 84.6 Å². The van der Waals surface area contributed by atoms with E-state index in [9.17, 15) is 0 Å². The molecule has 4 aromatic carbocycles. The summed E-state index contributed by atoms with van der Waals surface area (Å²) in [5.74, 6) is 0. The standard InChI is InChI=1S/C25H22PS.HI/c1-5-13-22(14-6-1)26(23-15-7-2-8-16-23,24-17-9-3-10-18-24)21-27-25-19-11-4-12-20-25;/h1-20H,21H2;1H/q+1;/p-1. The summed E-state index contributed by atoms with van der Waals surface area (Å²) in [4.78, 5) is 1.32. The quantitative estimate of drug-likeness (QED) is 0.218. The molecule has 0 N–H and O–H groups in total. The molecule has 0 aliphatic rings. The Kier molecular flexibility index (Phi) is 7.73. The molecule has 28 heavy (non-hydrogen) atoms. The van der Waals surface area contributed by atoms with Crippen LogP contribution in [0.1, 0.15) is 0 Å². The predicted molar refractivity (Wildman–Crippen MR) is 122 cm³/mol. The van der Waals surface area contributed by atoms with Crippen LogP contribution in [0.3, 0.4) is 0 Å². The maximum atomic E-state index is 2.30.